The zero-order chi connectivity index (χ0) is 11.4. The molecule has 1 N–H and O–H groups in total. The molecule has 0 aliphatic heterocycles. The summed E-state index contributed by atoms with van der Waals surface area (Å²) >= 11 is 3.55. The lowest BCUT2D eigenvalue weighted by molar-refractivity contribution is 1.13. The van der Waals surface area contributed by atoms with Gasteiger partial charge in [0.25, 0.3) is 0 Å². The number of hydrogen-bond acceptors (Lipinski definition) is 1. The standard InChI is InChI=1S/C14H14BrN/c1-11-6-2-5-9-14(11)16-10-12-7-3-4-8-13(12)15/h2-9,16H,10H2,1H3. The first-order chi connectivity index (χ1) is 7.77. The van der Waals surface area contributed by atoms with E-state index in [0.29, 0.717) is 0 Å². The molecule has 1 nitrogen and oxygen atoms in total. The van der Waals surface area contributed by atoms with Gasteiger partial charge in [-0.1, -0.05) is 52.3 Å². The summed E-state index contributed by atoms with van der Waals surface area (Å²) in [5, 5.41) is 3.44. The van der Waals surface area contributed by atoms with Crippen molar-refractivity contribution >= 4 is 21.6 Å². The van der Waals surface area contributed by atoms with Crippen LogP contribution < -0.4 is 5.32 Å². The summed E-state index contributed by atoms with van der Waals surface area (Å²) in [6.45, 7) is 2.95. The zero-order valence-electron chi connectivity index (χ0n) is 9.20. The Kier molecular flexibility index (Phi) is 3.62. The fourth-order valence-electron chi connectivity index (χ4n) is 1.60. The van der Waals surface area contributed by atoms with Crippen molar-refractivity contribution in [3.63, 3.8) is 0 Å². The lowest BCUT2D eigenvalue weighted by Crippen LogP contribution is -2.01. The smallest absolute Gasteiger partial charge is 0.0412 e. The molecule has 16 heavy (non-hydrogen) atoms. The van der Waals surface area contributed by atoms with E-state index >= 15 is 0 Å². The van der Waals surface area contributed by atoms with Crippen molar-refractivity contribution in [2.45, 2.75) is 13.5 Å². The number of rotatable bonds is 3. The van der Waals surface area contributed by atoms with Crippen molar-refractivity contribution in [1.29, 1.82) is 0 Å². The van der Waals surface area contributed by atoms with Gasteiger partial charge in [-0.3, -0.25) is 0 Å². The molecule has 2 heteroatoms. The second kappa shape index (κ2) is 5.17. The molecular weight excluding hydrogens is 262 g/mol. The van der Waals surface area contributed by atoms with Crippen molar-refractivity contribution in [2.75, 3.05) is 5.32 Å². The van der Waals surface area contributed by atoms with Crippen molar-refractivity contribution in [1.82, 2.24) is 0 Å². The van der Waals surface area contributed by atoms with Crippen LogP contribution in [0.5, 0.6) is 0 Å². The maximum Gasteiger partial charge on any atom is 0.0412 e. The van der Waals surface area contributed by atoms with Crippen LogP contribution in [0, 0.1) is 6.92 Å². The molecule has 2 rings (SSSR count). The summed E-state index contributed by atoms with van der Waals surface area (Å²) in [7, 11) is 0. The van der Waals surface area contributed by atoms with Gasteiger partial charge in [-0.15, -0.1) is 0 Å². The highest BCUT2D eigenvalue weighted by atomic mass is 79.9. The van der Waals surface area contributed by atoms with Crippen molar-refractivity contribution in [2.24, 2.45) is 0 Å². The van der Waals surface area contributed by atoms with E-state index in [2.05, 4.69) is 70.6 Å². The second-order valence-corrected chi connectivity index (χ2v) is 4.61. The minimum atomic E-state index is 0.840. The number of aryl methyl sites for hydroxylation is 1. The van der Waals surface area contributed by atoms with E-state index < -0.39 is 0 Å². The number of benzene rings is 2. The Balaban J connectivity index is 2.09. The summed E-state index contributed by atoms with van der Waals surface area (Å²) in [5.41, 5.74) is 3.73. The Morgan fingerprint density at radius 2 is 1.69 bits per heavy atom. The van der Waals surface area contributed by atoms with E-state index in [9.17, 15) is 0 Å². The van der Waals surface area contributed by atoms with Crippen LogP contribution in [0.15, 0.2) is 53.0 Å². The van der Waals surface area contributed by atoms with Gasteiger partial charge < -0.3 is 5.32 Å². The summed E-state index contributed by atoms with van der Waals surface area (Å²) in [5.74, 6) is 0. The van der Waals surface area contributed by atoms with E-state index in [1.54, 1.807) is 0 Å². The minimum Gasteiger partial charge on any atom is -0.381 e. The van der Waals surface area contributed by atoms with Crippen molar-refractivity contribution in [3.05, 3.63) is 64.1 Å². The monoisotopic (exact) mass is 275 g/mol. The fourth-order valence-corrected chi connectivity index (χ4v) is 2.03. The number of hydrogen-bond donors (Lipinski definition) is 1. The van der Waals surface area contributed by atoms with Crippen LogP contribution in [0.25, 0.3) is 0 Å². The van der Waals surface area contributed by atoms with Gasteiger partial charge in [0.1, 0.15) is 0 Å². The van der Waals surface area contributed by atoms with Gasteiger partial charge in [-0.05, 0) is 30.2 Å². The maximum atomic E-state index is 3.55. The Morgan fingerprint density at radius 1 is 1.00 bits per heavy atom. The molecule has 0 atom stereocenters. The maximum absolute atomic E-state index is 3.55. The summed E-state index contributed by atoms with van der Waals surface area (Å²) in [4.78, 5) is 0. The van der Waals surface area contributed by atoms with E-state index in [1.807, 2.05) is 6.07 Å². The molecule has 0 bridgehead atoms. The van der Waals surface area contributed by atoms with Gasteiger partial charge in [-0.25, -0.2) is 0 Å². The SMILES string of the molecule is Cc1ccccc1NCc1ccccc1Br. The second-order valence-electron chi connectivity index (χ2n) is 3.76. The Bertz CT molecular complexity index is 434. The molecule has 0 saturated carbocycles. The number of para-hydroxylation sites is 1. The molecule has 0 unspecified atom stereocenters. The molecule has 0 aliphatic carbocycles. The highest BCUT2D eigenvalue weighted by Crippen LogP contribution is 2.19. The van der Waals surface area contributed by atoms with Crippen LogP contribution in [0.4, 0.5) is 5.69 Å². The molecule has 0 amide bonds. The largest absolute Gasteiger partial charge is 0.381 e. The summed E-state index contributed by atoms with van der Waals surface area (Å²) in [6.07, 6.45) is 0. The quantitative estimate of drug-likeness (QED) is 0.877. The molecule has 0 radical (unpaired) electrons. The van der Waals surface area contributed by atoms with E-state index in [0.717, 1.165) is 11.0 Å². The Morgan fingerprint density at radius 3 is 2.44 bits per heavy atom. The van der Waals surface area contributed by atoms with Crippen LogP contribution in [0.3, 0.4) is 0 Å². The minimum absolute atomic E-state index is 0.840. The van der Waals surface area contributed by atoms with Gasteiger partial charge >= 0.3 is 0 Å². The molecule has 0 aromatic heterocycles. The van der Waals surface area contributed by atoms with E-state index in [-0.39, 0.29) is 0 Å². The van der Waals surface area contributed by atoms with Crippen molar-refractivity contribution in [3.8, 4) is 0 Å². The molecule has 0 heterocycles. The molecule has 2 aromatic rings. The van der Waals surface area contributed by atoms with Gasteiger partial charge in [0, 0.05) is 16.7 Å². The molecule has 0 fully saturated rings. The number of nitrogens with one attached hydrogen (secondary N) is 1. The van der Waals surface area contributed by atoms with Crippen LogP contribution >= 0.6 is 15.9 Å². The Hall–Kier alpha value is -1.28. The third kappa shape index (κ3) is 2.64. The van der Waals surface area contributed by atoms with Gasteiger partial charge in [0.05, 0.1) is 0 Å². The first kappa shape index (κ1) is 11.2. The molecule has 82 valence electrons. The van der Waals surface area contributed by atoms with Gasteiger partial charge in [0.15, 0.2) is 0 Å². The highest BCUT2D eigenvalue weighted by Gasteiger charge is 1.99. The third-order valence-electron chi connectivity index (χ3n) is 2.57. The molecule has 0 aliphatic rings. The number of anilines is 1. The first-order valence-corrected chi connectivity index (χ1v) is 6.09. The molecular formula is C14H14BrN. The van der Waals surface area contributed by atoms with E-state index in [1.165, 1.54) is 16.8 Å². The number of halogens is 1. The highest BCUT2D eigenvalue weighted by molar-refractivity contribution is 9.10. The zero-order valence-corrected chi connectivity index (χ0v) is 10.8. The lowest BCUT2D eigenvalue weighted by atomic mass is 10.2. The molecule has 2 aromatic carbocycles. The van der Waals surface area contributed by atoms with Gasteiger partial charge in [-0.2, -0.15) is 0 Å². The topological polar surface area (TPSA) is 12.0 Å². The first-order valence-electron chi connectivity index (χ1n) is 5.30. The normalized spacial score (nSPS) is 10.1. The summed E-state index contributed by atoms with van der Waals surface area (Å²) in [6, 6.07) is 16.6. The summed E-state index contributed by atoms with van der Waals surface area (Å²) < 4.78 is 1.15. The van der Waals surface area contributed by atoms with Crippen LogP contribution in [0.1, 0.15) is 11.1 Å². The average Bonchev–Trinajstić information content (AvgIpc) is 2.30. The molecule has 0 saturated heterocycles. The lowest BCUT2D eigenvalue weighted by Gasteiger charge is -2.10. The van der Waals surface area contributed by atoms with Gasteiger partial charge in [0.2, 0.25) is 0 Å². The Labute approximate surface area is 105 Å². The average molecular weight is 276 g/mol. The predicted molar refractivity (Wildman–Crippen MR) is 72.6 cm³/mol. The van der Waals surface area contributed by atoms with Crippen molar-refractivity contribution < 1.29 is 0 Å². The third-order valence-corrected chi connectivity index (χ3v) is 3.35. The van der Waals surface area contributed by atoms with Crippen LogP contribution in [0.2, 0.25) is 0 Å². The molecule has 0 spiro atoms. The van der Waals surface area contributed by atoms with Crippen LogP contribution in [-0.4, -0.2) is 0 Å². The van der Waals surface area contributed by atoms with Crippen LogP contribution in [-0.2, 0) is 6.54 Å². The fraction of sp³-hybridized carbons (Fsp3) is 0.143. The predicted octanol–water partition coefficient (Wildman–Crippen LogP) is 4.37. The van der Waals surface area contributed by atoms with E-state index in [4.69, 9.17) is 0 Å².